The van der Waals surface area contributed by atoms with E-state index in [9.17, 15) is 24.5 Å². The van der Waals surface area contributed by atoms with Crippen LogP contribution in [0, 0.1) is 10.1 Å². The molecule has 0 aliphatic carbocycles. The summed E-state index contributed by atoms with van der Waals surface area (Å²) in [6.07, 6.45) is 1.69. The fourth-order valence-electron chi connectivity index (χ4n) is 4.62. The lowest BCUT2D eigenvalue weighted by Gasteiger charge is -2.20. The largest absolute Gasteiger partial charge is 0.443 e. The number of hydrogen-bond acceptors (Lipinski definition) is 12. The molecule has 0 bridgehead atoms. The Morgan fingerprint density at radius 3 is 1.71 bits per heavy atom. The predicted octanol–water partition coefficient (Wildman–Crippen LogP) is 6.57. The molecule has 1 amide bonds. The van der Waals surface area contributed by atoms with Crippen molar-refractivity contribution in [3.8, 4) is 22.5 Å². The lowest BCUT2D eigenvalue weighted by molar-refractivity contribution is -0.385. The van der Waals surface area contributed by atoms with Gasteiger partial charge in [0.15, 0.2) is 0 Å². The van der Waals surface area contributed by atoms with Crippen molar-refractivity contribution in [2.45, 2.75) is 52.7 Å². The second kappa shape index (κ2) is 14.8. The molecule has 5 rings (SSSR count). The maximum absolute atomic E-state index is 12.6. The maximum Gasteiger partial charge on any atom is 0.421 e. The summed E-state index contributed by atoms with van der Waals surface area (Å²) in [5, 5.41) is 13.8. The van der Waals surface area contributed by atoms with E-state index in [-0.39, 0.29) is 23.1 Å². The summed E-state index contributed by atoms with van der Waals surface area (Å²) in [6.45, 7) is 10.6. The molecule has 2 heterocycles. The smallest absolute Gasteiger partial charge is 0.421 e. The van der Waals surface area contributed by atoms with Crippen molar-refractivity contribution in [2.75, 3.05) is 22.5 Å². The van der Waals surface area contributed by atoms with Gasteiger partial charge < -0.3 is 32.0 Å². The number of hydrogen-bond donors (Lipinski definition) is 4. The Labute approximate surface area is 293 Å². The second-order valence-electron chi connectivity index (χ2n) is 13.1. The Kier molecular flexibility index (Phi) is 10.8. The average Bonchev–Trinajstić information content (AvgIpc) is 3.62. The topological polar surface area (TPSA) is 239 Å². The zero-order chi connectivity index (χ0) is 37.7. The average molecular weight is 698 g/mol. The molecule has 0 radical (unpaired) electrons. The van der Waals surface area contributed by atoms with Gasteiger partial charge in [-0.15, -0.1) is 0 Å². The summed E-state index contributed by atoms with van der Waals surface area (Å²) in [7, 11) is 0. The van der Waals surface area contributed by atoms with Gasteiger partial charge in [0.1, 0.15) is 16.8 Å². The van der Waals surface area contributed by atoms with E-state index in [1.807, 2.05) is 6.07 Å². The van der Waals surface area contributed by atoms with Crippen LogP contribution in [-0.2, 0) is 9.47 Å². The summed E-state index contributed by atoms with van der Waals surface area (Å²) in [5.74, 6) is -0.597. The number of carbonyl (C=O) groups is 3. The van der Waals surface area contributed by atoms with Crippen molar-refractivity contribution in [3.05, 3.63) is 101 Å². The molecule has 0 aliphatic heterocycles. The first-order chi connectivity index (χ1) is 23.8. The quantitative estimate of drug-likeness (QED) is 0.0866. The number of rotatable bonds is 5. The molecule has 0 saturated carbocycles. The molecule has 5 aromatic rings. The van der Waals surface area contributed by atoms with Crippen LogP contribution in [-0.4, -0.2) is 53.3 Å². The lowest BCUT2D eigenvalue weighted by Crippen LogP contribution is -2.28. The van der Waals surface area contributed by atoms with Crippen LogP contribution >= 0.6 is 0 Å². The predicted molar refractivity (Wildman–Crippen MR) is 193 cm³/mol. The van der Waals surface area contributed by atoms with E-state index < -0.39 is 34.2 Å². The van der Waals surface area contributed by atoms with Gasteiger partial charge in [0, 0.05) is 28.6 Å². The number of nitrogens with two attached hydrogens (primary N) is 3. The van der Waals surface area contributed by atoms with Crippen molar-refractivity contribution >= 4 is 47.1 Å². The van der Waals surface area contributed by atoms with Gasteiger partial charge in [0.2, 0.25) is 11.9 Å². The number of nitro benzene ring substituents is 1. The highest BCUT2D eigenvalue weighted by Crippen LogP contribution is 2.28. The van der Waals surface area contributed by atoms with Gasteiger partial charge in [0.25, 0.3) is 11.6 Å². The molecule has 51 heavy (non-hydrogen) atoms. The standard InChI is InChI=1S/C21H21N5O5.C14H18N4O2/c1-21(2,3)31-20(28)25-17(12-23-19(25)22)13-7-6-8-14(11-13)24-18(27)15-9-4-5-10-16(15)26(29)30;1-14(2,3)20-13(19)18-11(8-17-12(18)16)9-5-4-6-10(15)7-9/h4-12H,1-3H3,(H2,22,23)(H,24,27);4-8H,15H2,1-3H3,(H2,16,17). The van der Waals surface area contributed by atoms with Gasteiger partial charge in [-0.05, 0) is 71.9 Å². The first-order valence-corrected chi connectivity index (χ1v) is 15.5. The van der Waals surface area contributed by atoms with Crippen molar-refractivity contribution in [2.24, 2.45) is 0 Å². The molecule has 16 heteroatoms. The highest BCUT2D eigenvalue weighted by Gasteiger charge is 2.25. The number of para-hydroxylation sites is 1. The van der Waals surface area contributed by atoms with Gasteiger partial charge in [-0.2, -0.15) is 0 Å². The number of amides is 1. The van der Waals surface area contributed by atoms with Gasteiger partial charge in [0.05, 0.1) is 28.7 Å². The van der Waals surface area contributed by atoms with Crippen LogP contribution in [0.25, 0.3) is 22.5 Å². The number of aromatic nitrogens is 4. The summed E-state index contributed by atoms with van der Waals surface area (Å²) in [6, 6.07) is 19.4. The zero-order valence-electron chi connectivity index (χ0n) is 28.9. The van der Waals surface area contributed by atoms with E-state index >= 15 is 0 Å². The first kappa shape index (κ1) is 37.1. The van der Waals surface area contributed by atoms with Crippen LogP contribution < -0.4 is 22.5 Å². The van der Waals surface area contributed by atoms with Crippen LogP contribution in [0.1, 0.15) is 51.9 Å². The summed E-state index contributed by atoms with van der Waals surface area (Å²) >= 11 is 0. The molecule has 0 fully saturated rings. The third-order valence-corrected chi connectivity index (χ3v) is 6.67. The van der Waals surface area contributed by atoms with Gasteiger partial charge in [-0.25, -0.2) is 28.7 Å². The summed E-state index contributed by atoms with van der Waals surface area (Å²) in [4.78, 5) is 55.9. The van der Waals surface area contributed by atoms with E-state index in [2.05, 4.69) is 15.3 Å². The fourth-order valence-corrected chi connectivity index (χ4v) is 4.62. The van der Waals surface area contributed by atoms with Crippen LogP contribution in [0.3, 0.4) is 0 Å². The molecule has 16 nitrogen and oxygen atoms in total. The molecule has 2 aromatic heterocycles. The van der Waals surface area contributed by atoms with Crippen LogP contribution in [0.5, 0.6) is 0 Å². The van der Waals surface area contributed by atoms with E-state index in [0.717, 1.165) is 10.1 Å². The minimum absolute atomic E-state index is 0.0430. The van der Waals surface area contributed by atoms with Crippen molar-refractivity contribution in [1.82, 2.24) is 19.1 Å². The molecular formula is C35H39N9O7. The Morgan fingerprint density at radius 2 is 1.22 bits per heavy atom. The maximum atomic E-state index is 12.6. The van der Waals surface area contributed by atoms with Crippen LogP contribution in [0.4, 0.5) is 38.5 Å². The molecule has 3 aromatic carbocycles. The molecule has 0 saturated heterocycles. The Morgan fingerprint density at radius 1 is 0.725 bits per heavy atom. The fraction of sp³-hybridized carbons (Fsp3) is 0.229. The zero-order valence-corrected chi connectivity index (χ0v) is 28.9. The molecular weight excluding hydrogens is 658 g/mol. The molecule has 266 valence electrons. The van der Waals surface area contributed by atoms with E-state index in [1.165, 1.54) is 35.2 Å². The number of nitrogen functional groups attached to an aromatic ring is 3. The van der Waals surface area contributed by atoms with Crippen molar-refractivity contribution in [3.63, 3.8) is 0 Å². The van der Waals surface area contributed by atoms with E-state index in [4.69, 9.17) is 26.7 Å². The van der Waals surface area contributed by atoms with E-state index in [1.54, 1.807) is 90.1 Å². The second-order valence-corrected chi connectivity index (χ2v) is 13.1. The van der Waals surface area contributed by atoms with Crippen molar-refractivity contribution in [1.29, 1.82) is 0 Å². The molecule has 0 aliphatic rings. The third-order valence-electron chi connectivity index (χ3n) is 6.67. The Hall–Kier alpha value is -6.71. The minimum Gasteiger partial charge on any atom is -0.443 e. The van der Waals surface area contributed by atoms with Gasteiger partial charge in [-0.3, -0.25) is 14.9 Å². The number of nitro groups is 1. The highest BCUT2D eigenvalue weighted by atomic mass is 16.6. The number of anilines is 4. The van der Waals surface area contributed by atoms with E-state index in [0.29, 0.717) is 28.3 Å². The summed E-state index contributed by atoms with van der Waals surface area (Å²) < 4.78 is 13.1. The highest BCUT2D eigenvalue weighted by molar-refractivity contribution is 6.07. The Bertz CT molecular complexity index is 2090. The molecule has 0 atom stereocenters. The number of nitrogens with one attached hydrogen (secondary N) is 1. The lowest BCUT2D eigenvalue weighted by atomic mass is 10.1. The minimum atomic E-state index is -0.731. The molecule has 0 unspecified atom stereocenters. The summed E-state index contributed by atoms with van der Waals surface area (Å²) in [5.41, 5.74) is 18.8. The first-order valence-electron chi connectivity index (χ1n) is 15.5. The Balaban J connectivity index is 0.000000251. The van der Waals surface area contributed by atoms with Crippen LogP contribution in [0.15, 0.2) is 85.2 Å². The monoisotopic (exact) mass is 697 g/mol. The normalized spacial score (nSPS) is 11.2. The molecule has 7 N–H and O–H groups in total. The van der Waals surface area contributed by atoms with Crippen LogP contribution in [0.2, 0.25) is 0 Å². The number of nitrogens with zero attached hydrogens (tertiary/aromatic N) is 5. The number of imidazole rings is 2. The number of ether oxygens (including phenoxy) is 2. The molecule has 0 spiro atoms. The van der Waals surface area contributed by atoms with Gasteiger partial charge >= 0.3 is 12.2 Å². The van der Waals surface area contributed by atoms with Crippen molar-refractivity contribution < 1.29 is 28.8 Å². The SMILES string of the molecule is CC(C)(C)OC(=O)n1c(-c2cccc(N)c2)cnc1N.CC(C)(C)OC(=O)n1c(-c2cccc(NC(=O)c3ccccc3[N+](=O)[O-])c2)cnc1N. The number of carbonyl (C=O) groups excluding carboxylic acids is 3. The van der Waals surface area contributed by atoms with Gasteiger partial charge in [-0.1, -0.05) is 36.4 Å². The number of benzene rings is 3. The third kappa shape index (κ3) is 9.47.